The number of nitrogens with one attached hydrogen (secondary N) is 2. The first-order valence-corrected chi connectivity index (χ1v) is 12.3. The Balaban J connectivity index is 1.39. The largest absolute Gasteiger partial charge is 0.352 e. The minimum atomic E-state index is -1.14. The van der Waals surface area contributed by atoms with Crippen molar-refractivity contribution in [3.63, 3.8) is 0 Å². The lowest BCUT2D eigenvalue weighted by Gasteiger charge is -2.40. The monoisotopic (exact) mass is 470 g/mol. The minimum Gasteiger partial charge on any atom is -0.352 e. The van der Waals surface area contributed by atoms with Crippen molar-refractivity contribution in [2.24, 2.45) is 5.73 Å². The fraction of sp³-hybridized carbons (Fsp3) is 0.417. The maximum absolute atomic E-state index is 13.6. The number of Topliss-reactive ketones (excluding diaryl/α,β-unsaturated/α-hetero) is 1. The summed E-state index contributed by atoms with van der Waals surface area (Å²) < 4.78 is 0. The van der Waals surface area contributed by atoms with E-state index in [1.807, 2.05) is 18.2 Å². The molecule has 0 radical (unpaired) electrons. The highest BCUT2D eigenvalue weighted by atomic mass is 35.5. The van der Waals surface area contributed by atoms with Gasteiger partial charge < -0.3 is 20.9 Å². The summed E-state index contributed by atoms with van der Waals surface area (Å²) in [7, 11) is 2.09. The first kappa shape index (κ1) is 21.6. The van der Waals surface area contributed by atoms with Gasteiger partial charge in [0.15, 0.2) is 0 Å². The topological polar surface area (TPSA) is 91.2 Å². The van der Waals surface area contributed by atoms with Crippen molar-refractivity contribution >= 4 is 45.5 Å². The van der Waals surface area contributed by atoms with Crippen LogP contribution in [0.25, 0.3) is 10.9 Å². The van der Waals surface area contributed by atoms with Crippen LogP contribution in [0.2, 0.25) is 5.02 Å². The molecule has 0 saturated heterocycles. The summed E-state index contributed by atoms with van der Waals surface area (Å²) in [6.45, 7) is 1.88. The lowest BCUT2D eigenvalue weighted by atomic mass is 9.74. The Kier molecular flexibility index (Phi) is 5.61. The van der Waals surface area contributed by atoms with Crippen molar-refractivity contribution < 1.29 is 9.59 Å². The fourth-order valence-corrected chi connectivity index (χ4v) is 6.31. The normalized spacial score (nSPS) is 23.8. The average molecular weight is 471 g/mol. The third-order valence-electron chi connectivity index (χ3n) is 6.81. The molecule has 2 atom stereocenters. The summed E-state index contributed by atoms with van der Waals surface area (Å²) in [6, 6.07) is 8.86. The van der Waals surface area contributed by atoms with Gasteiger partial charge in [0.05, 0.1) is 16.6 Å². The van der Waals surface area contributed by atoms with E-state index in [0.29, 0.717) is 28.4 Å². The molecule has 3 aromatic rings. The van der Waals surface area contributed by atoms with Gasteiger partial charge in [-0.3, -0.25) is 9.59 Å². The molecule has 1 fully saturated rings. The van der Waals surface area contributed by atoms with E-state index in [0.717, 1.165) is 43.3 Å². The van der Waals surface area contributed by atoms with Gasteiger partial charge in [-0.15, -0.1) is 11.3 Å². The number of nitrogens with zero attached hydrogens (tertiary/aromatic N) is 1. The highest BCUT2D eigenvalue weighted by Gasteiger charge is 2.45. The Morgan fingerprint density at radius 1 is 1.28 bits per heavy atom. The third-order valence-corrected chi connectivity index (χ3v) is 8.20. The molecule has 1 aromatic carbocycles. The number of fused-ring (bicyclic) bond motifs is 2. The number of benzene rings is 1. The number of aromatic amines is 1. The fourth-order valence-electron chi connectivity index (χ4n) is 4.94. The van der Waals surface area contributed by atoms with Crippen molar-refractivity contribution in [3.8, 4) is 0 Å². The molecule has 1 aliphatic carbocycles. The van der Waals surface area contributed by atoms with Crippen molar-refractivity contribution in [3.05, 3.63) is 56.4 Å². The zero-order valence-corrected chi connectivity index (χ0v) is 19.6. The number of hydrogen-bond acceptors (Lipinski definition) is 5. The van der Waals surface area contributed by atoms with E-state index in [2.05, 4.69) is 22.2 Å². The number of ketones is 1. The number of amides is 1. The zero-order valence-electron chi connectivity index (χ0n) is 18.0. The summed E-state index contributed by atoms with van der Waals surface area (Å²) in [5.41, 5.74) is 8.17. The molecule has 1 aliphatic heterocycles. The van der Waals surface area contributed by atoms with E-state index in [1.54, 1.807) is 23.5 Å². The van der Waals surface area contributed by atoms with Gasteiger partial charge in [0.1, 0.15) is 5.54 Å². The van der Waals surface area contributed by atoms with Gasteiger partial charge >= 0.3 is 0 Å². The molecule has 3 heterocycles. The standard InChI is InChI=1S/C24H27ClN4O2S/c1-29-9-7-14-12-19(32-20(14)13-29)23(31)28-21-4-2-3-8-24(21,26)22(30)18-11-15-10-16(25)5-6-17(15)27-18/h5-6,10-12,21,27H,2-4,7-9,13,26H2,1H3,(H,28,31). The van der Waals surface area contributed by atoms with E-state index in [1.165, 1.54) is 10.4 Å². The smallest absolute Gasteiger partial charge is 0.261 e. The summed E-state index contributed by atoms with van der Waals surface area (Å²) in [5.74, 6) is -0.299. The molecule has 168 valence electrons. The third kappa shape index (κ3) is 3.88. The van der Waals surface area contributed by atoms with Crippen LogP contribution in [0.3, 0.4) is 0 Å². The van der Waals surface area contributed by atoms with Gasteiger partial charge in [-0.1, -0.05) is 24.4 Å². The first-order chi connectivity index (χ1) is 15.3. The van der Waals surface area contributed by atoms with Crippen LogP contribution < -0.4 is 11.1 Å². The second kappa shape index (κ2) is 8.30. The van der Waals surface area contributed by atoms with Gasteiger partial charge in [0, 0.05) is 33.9 Å². The molecule has 2 aliphatic rings. The van der Waals surface area contributed by atoms with Crippen LogP contribution in [0.15, 0.2) is 30.3 Å². The maximum atomic E-state index is 13.6. The summed E-state index contributed by atoms with van der Waals surface area (Å²) in [6.07, 6.45) is 3.99. The molecule has 8 heteroatoms. The molecule has 0 spiro atoms. The van der Waals surface area contributed by atoms with E-state index in [4.69, 9.17) is 17.3 Å². The molecule has 32 heavy (non-hydrogen) atoms. The minimum absolute atomic E-state index is 0.134. The molecule has 4 N–H and O–H groups in total. The molecule has 2 aromatic heterocycles. The van der Waals surface area contributed by atoms with E-state index < -0.39 is 11.6 Å². The zero-order chi connectivity index (χ0) is 22.5. The second-order valence-electron chi connectivity index (χ2n) is 9.10. The molecule has 1 saturated carbocycles. The molecular weight excluding hydrogens is 444 g/mol. The quantitative estimate of drug-likeness (QED) is 0.500. The van der Waals surface area contributed by atoms with E-state index >= 15 is 0 Å². The van der Waals surface area contributed by atoms with Crippen molar-refractivity contribution in [2.45, 2.75) is 50.2 Å². The summed E-state index contributed by atoms with van der Waals surface area (Å²) in [4.78, 5) is 34.1. The van der Waals surface area contributed by atoms with Crippen molar-refractivity contribution in [2.75, 3.05) is 13.6 Å². The number of thiophene rings is 1. The number of hydrogen-bond donors (Lipinski definition) is 3. The number of H-pyrrole nitrogens is 1. The number of likely N-dealkylation sites (N-methyl/N-ethyl adjacent to an activating group) is 1. The molecule has 1 amide bonds. The average Bonchev–Trinajstić information content (AvgIpc) is 3.38. The number of halogens is 1. The van der Waals surface area contributed by atoms with Crippen LogP contribution in [0, 0.1) is 0 Å². The van der Waals surface area contributed by atoms with Gasteiger partial charge in [0.2, 0.25) is 5.78 Å². The number of carbonyl (C=O) groups is 2. The Labute approximate surface area is 196 Å². The van der Waals surface area contributed by atoms with Crippen LogP contribution in [0.1, 0.15) is 56.3 Å². The Bertz CT molecular complexity index is 1200. The van der Waals surface area contributed by atoms with Crippen LogP contribution in [0.4, 0.5) is 0 Å². The number of carbonyl (C=O) groups excluding carboxylic acids is 2. The number of rotatable bonds is 4. The summed E-state index contributed by atoms with van der Waals surface area (Å²) >= 11 is 7.64. The first-order valence-electron chi connectivity index (χ1n) is 11.1. The number of aromatic nitrogens is 1. The van der Waals surface area contributed by atoms with Gasteiger partial charge in [-0.2, -0.15) is 0 Å². The van der Waals surface area contributed by atoms with Gasteiger partial charge in [-0.05, 0) is 62.2 Å². The van der Waals surface area contributed by atoms with Crippen LogP contribution >= 0.6 is 22.9 Å². The lowest BCUT2D eigenvalue weighted by molar-refractivity contribution is 0.0756. The SMILES string of the molecule is CN1CCc2cc(C(=O)NC3CCCCC3(N)C(=O)c3cc4cc(Cl)ccc4[nH]3)sc2C1. The predicted molar refractivity (Wildman–Crippen MR) is 129 cm³/mol. The van der Waals surface area contributed by atoms with Crippen molar-refractivity contribution in [1.29, 1.82) is 0 Å². The van der Waals surface area contributed by atoms with Gasteiger partial charge in [0.25, 0.3) is 5.91 Å². The highest BCUT2D eigenvalue weighted by molar-refractivity contribution is 7.14. The Hall–Kier alpha value is -2.19. The van der Waals surface area contributed by atoms with Crippen LogP contribution in [-0.4, -0.2) is 46.7 Å². The predicted octanol–water partition coefficient (Wildman–Crippen LogP) is 4.12. The van der Waals surface area contributed by atoms with Crippen LogP contribution in [-0.2, 0) is 13.0 Å². The Morgan fingerprint density at radius 2 is 2.12 bits per heavy atom. The van der Waals surface area contributed by atoms with Crippen LogP contribution in [0.5, 0.6) is 0 Å². The molecule has 5 rings (SSSR count). The number of nitrogens with two attached hydrogens (primary N) is 1. The second-order valence-corrected chi connectivity index (χ2v) is 10.7. The summed E-state index contributed by atoms with van der Waals surface area (Å²) in [5, 5.41) is 4.60. The Morgan fingerprint density at radius 3 is 2.97 bits per heavy atom. The van der Waals surface area contributed by atoms with E-state index in [9.17, 15) is 9.59 Å². The lowest BCUT2D eigenvalue weighted by Crippen LogP contribution is -2.64. The van der Waals surface area contributed by atoms with E-state index in [-0.39, 0.29) is 11.7 Å². The maximum Gasteiger partial charge on any atom is 0.261 e. The molecular formula is C24H27ClN4O2S. The molecule has 6 nitrogen and oxygen atoms in total. The molecule has 2 unspecified atom stereocenters. The van der Waals surface area contributed by atoms with Crippen molar-refractivity contribution in [1.82, 2.24) is 15.2 Å². The highest BCUT2D eigenvalue weighted by Crippen LogP contribution is 2.32. The van der Waals surface area contributed by atoms with Gasteiger partial charge in [-0.25, -0.2) is 0 Å². The molecule has 0 bridgehead atoms.